The van der Waals surface area contributed by atoms with Gasteiger partial charge in [0, 0.05) is 13.6 Å². The number of halogens is 1. The summed E-state index contributed by atoms with van der Waals surface area (Å²) in [5.41, 5.74) is 0.895. The van der Waals surface area contributed by atoms with E-state index in [1.165, 1.54) is 12.1 Å². The maximum atomic E-state index is 12.7. The summed E-state index contributed by atoms with van der Waals surface area (Å²) in [7, 11) is 1.70. The molecule has 0 atom stereocenters. The minimum absolute atomic E-state index is 0.0400. The van der Waals surface area contributed by atoms with E-state index in [0.29, 0.717) is 6.54 Å². The lowest BCUT2D eigenvalue weighted by atomic mass is 10.2. The van der Waals surface area contributed by atoms with E-state index in [-0.39, 0.29) is 24.4 Å². The second kappa shape index (κ2) is 6.35. The molecule has 0 radical (unpaired) electrons. The van der Waals surface area contributed by atoms with Gasteiger partial charge in [0.25, 0.3) is 0 Å². The van der Waals surface area contributed by atoms with Gasteiger partial charge < -0.3 is 9.64 Å². The fourth-order valence-corrected chi connectivity index (χ4v) is 1.30. The molecule has 17 heavy (non-hydrogen) atoms. The molecule has 1 rings (SSSR count). The first-order valence-electron chi connectivity index (χ1n) is 5.59. The summed E-state index contributed by atoms with van der Waals surface area (Å²) in [5.74, 6) is -0.353. The van der Waals surface area contributed by atoms with Crippen molar-refractivity contribution in [2.75, 3.05) is 13.7 Å². The van der Waals surface area contributed by atoms with Crippen LogP contribution in [0.5, 0.6) is 0 Å². The highest BCUT2D eigenvalue weighted by Gasteiger charge is 2.10. The van der Waals surface area contributed by atoms with Crippen LogP contribution in [0.3, 0.4) is 0 Å². The number of nitrogens with zero attached hydrogens (tertiary/aromatic N) is 1. The Hall–Kier alpha value is -1.42. The summed E-state index contributed by atoms with van der Waals surface area (Å²) < 4.78 is 17.9. The Morgan fingerprint density at radius 1 is 1.35 bits per heavy atom. The van der Waals surface area contributed by atoms with Gasteiger partial charge in [-0.05, 0) is 31.5 Å². The predicted molar refractivity (Wildman–Crippen MR) is 64.0 cm³/mol. The van der Waals surface area contributed by atoms with Crippen molar-refractivity contribution in [2.45, 2.75) is 26.5 Å². The van der Waals surface area contributed by atoms with E-state index < -0.39 is 0 Å². The van der Waals surface area contributed by atoms with Crippen molar-refractivity contribution in [3.05, 3.63) is 35.6 Å². The van der Waals surface area contributed by atoms with Crippen LogP contribution in [-0.2, 0) is 16.1 Å². The zero-order valence-electron chi connectivity index (χ0n) is 10.4. The Bertz CT molecular complexity index is 362. The summed E-state index contributed by atoms with van der Waals surface area (Å²) >= 11 is 0. The van der Waals surface area contributed by atoms with Crippen molar-refractivity contribution in [1.29, 1.82) is 0 Å². The molecular formula is C13H18FNO2. The smallest absolute Gasteiger partial charge is 0.248 e. The van der Waals surface area contributed by atoms with E-state index in [1.54, 1.807) is 24.1 Å². The molecule has 1 aromatic carbocycles. The molecule has 1 amide bonds. The van der Waals surface area contributed by atoms with Crippen LogP contribution in [0.4, 0.5) is 4.39 Å². The molecule has 4 heteroatoms. The van der Waals surface area contributed by atoms with Gasteiger partial charge in [0.1, 0.15) is 12.4 Å². The standard InChI is InChI=1S/C13H18FNO2/c1-10(2)17-9-13(16)15(3)8-11-4-6-12(14)7-5-11/h4-7,10H,8-9H2,1-3H3. The third-order valence-electron chi connectivity index (χ3n) is 2.30. The molecule has 0 aliphatic rings. The molecule has 0 saturated carbocycles. The minimum Gasteiger partial charge on any atom is -0.369 e. The number of hydrogen-bond acceptors (Lipinski definition) is 2. The monoisotopic (exact) mass is 239 g/mol. The molecule has 0 saturated heterocycles. The van der Waals surface area contributed by atoms with Crippen LogP contribution in [0.15, 0.2) is 24.3 Å². The van der Waals surface area contributed by atoms with E-state index in [2.05, 4.69) is 0 Å². The van der Waals surface area contributed by atoms with Gasteiger partial charge >= 0.3 is 0 Å². The van der Waals surface area contributed by atoms with Gasteiger partial charge in [-0.15, -0.1) is 0 Å². The fourth-order valence-electron chi connectivity index (χ4n) is 1.30. The van der Waals surface area contributed by atoms with Gasteiger partial charge in [0.2, 0.25) is 5.91 Å². The van der Waals surface area contributed by atoms with Crippen molar-refractivity contribution < 1.29 is 13.9 Å². The number of likely N-dealkylation sites (N-methyl/N-ethyl adjacent to an activating group) is 1. The van der Waals surface area contributed by atoms with Gasteiger partial charge in [0.15, 0.2) is 0 Å². The van der Waals surface area contributed by atoms with E-state index in [1.807, 2.05) is 13.8 Å². The van der Waals surface area contributed by atoms with Gasteiger partial charge in [-0.25, -0.2) is 4.39 Å². The van der Waals surface area contributed by atoms with Crippen molar-refractivity contribution >= 4 is 5.91 Å². The Labute approximate surface area is 101 Å². The highest BCUT2D eigenvalue weighted by atomic mass is 19.1. The van der Waals surface area contributed by atoms with E-state index in [0.717, 1.165) is 5.56 Å². The average Bonchev–Trinajstić information content (AvgIpc) is 2.28. The summed E-state index contributed by atoms with van der Waals surface area (Å²) in [6, 6.07) is 6.11. The Balaban J connectivity index is 2.45. The lowest BCUT2D eigenvalue weighted by molar-refractivity contribution is -0.136. The SMILES string of the molecule is CC(C)OCC(=O)N(C)Cc1ccc(F)cc1. The van der Waals surface area contributed by atoms with E-state index in [9.17, 15) is 9.18 Å². The zero-order chi connectivity index (χ0) is 12.8. The normalized spacial score (nSPS) is 10.6. The van der Waals surface area contributed by atoms with Gasteiger partial charge in [-0.1, -0.05) is 12.1 Å². The molecule has 0 fully saturated rings. The molecular weight excluding hydrogens is 221 g/mol. The summed E-state index contributed by atoms with van der Waals surface area (Å²) in [4.78, 5) is 13.2. The zero-order valence-corrected chi connectivity index (χ0v) is 10.4. The van der Waals surface area contributed by atoms with Crippen LogP contribution in [0.25, 0.3) is 0 Å². The number of carbonyl (C=O) groups is 1. The summed E-state index contributed by atoms with van der Waals surface area (Å²) in [6.07, 6.45) is 0.0400. The Morgan fingerprint density at radius 2 is 1.94 bits per heavy atom. The number of carbonyl (C=O) groups excluding carboxylic acids is 1. The number of benzene rings is 1. The first-order chi connectivity index (χ1) is 7.99. The first kappa shape index (κ1) is 13.6. The summed E-state index contributed by atoms with van der Waals surface area (Å²) in [6.45, 7) is 4.30. The molecule has 0 bridgehead atoms. The van der Waals surface area contributed by atoms with Crippen molar-refractivity contribution in [3.63, 3.8) is 0 Å². The highest BCUT2D eigenvalue weighted by Crippen LogP contribution is 2.05. The second-order valence-corrected chi connectivity index (χ2v) is 4.24. The molecule has 0 N–H and O–H groups in total. The third-order valence-corrected chi connectivity index (χ3v) is 2.30. The van der Waals surface area contributed by atoms with E-state index >= 15 is 0 Å². The van der Waals surface area contributed by atoms with Gasteiger partial charge in [-0.2, -0.15) is 0 Å². The van der Waals surface area contributed by atoms with E-state index in [4.69, 9.17) is 4.74 Å². The van der Waals surface area contributed by atoms with Crippen molar-refractivity contribution in [1.82, 2.24) is 4.90 Å². The van der Waals surface area contributed by atoms with Crippen LogP contribution in [0, 0.1) is 5.82 Å². The quantitative estimate of drug-likeness (QED) is 0.788. The van der Waals surface area contributed by atoms with Crippen LogP contribution in [0.1, 0.15) is 19.4 Å². The van der Waals surface area contributed by atoms with Crippen LogP contribution >= 0.6 is 0 Å². The van der Waals surface area contributed by atoms with Crippen LogP contribution < -0.4 is 0 Å². The highest BCUT2D eigenvalue weighted by molar-refractivity contribution is 5.77. The minimum atomic E-state index is -0.272. The Kier molecular flexibility index (Phi) is 5.10. The number of rotatable bonds is 5. The van der Waals surface area contributed by atoms with Crippen LogP contribution in [0.2, 0.25) is 0 Å². The van der Waals surface area contributed by atoms with Gasteiger partial charge in [-0.3, -0.25) is 4.79 Å². The maximum Gasteiger partial charge on any atom is 0.248 e. The second-order valence-electron chi connectivity index (χ2n) is 4.24. The molecule has 0 unspecified atom stereocenters. The molecule has 0 aliphatic carbocycles. The number of ether oxygens (including phenoxy) is 1. The molecule has 0 aliphatic heterocycles. The molecule has 0 heterocycles. The third kappa shape index (κ3) is 4.95. The number of amides is 1. The fraction of sp³-hybridized carbons (Fsp3) is 0.462. The lowest BCUT2D eigenvalue weighted by Gasteiger charge is -2.18. The topological polar surface area (TPSA) is 29.5 Å². The molecule has 1 aromatic rings. The lowest BCUT2D eigenvalue weighted by Crippen LogP contribution is -2.30. The molecule has 0 spiro atoms. The first-order valence-corrected chi connectivity index (χ1v) is 5.59. The van der Waals surface area contributed by atoms with Crippen molar-refractivity contribution in [2.24, 2.45) is 0 Å². The maximum absolute atomic E-state index is 12.7. The summed E-state index contributed by atoms with van der Waals surface area (Å²) in [5, 5.41) is 0. The average molecular weight is 239 g/mol. The van der Waals surface area contributed by atoms with Gasteiger partial charge in [0.05, 0.1) is 6.10 Å². The largest absolute Gasteiger partial charge is 0.369 e. The molecule has 94 valence electrons. The molecule has 3 nitrogen and oxygen atoms in total. The molecule has 0 aromatic heterocycles. The Morgan fingerprint density at radius 3 is 2.47 bits per heavy atom. The van der Waals surface area contributed by atoms with Crippen LogP contribution in [-0.4, -0.2) is 30.6 Å². The number of hydrogen-bond donors (Lipinski definition) is 0. The predicted octanol–water partition coefficient (Wildman–Crippen LogP) is 2.21. The van der Waals surface area contributed by atoms with Crippen molar-refractivity contribution in [3.8, 4) is 0 Å².